The molecular formula is C24H22N2O4. The van der Waals surface area contributed by atoms with E-state index in [1.807, 2.05) is 30.3 Å². The Kier molecular flexibility index (Phi) is 6.95. The normalized spacial score (nSPS) is 10.2. The average Bonchev–Trinajstić information content (AvgIpc) is 2.77. The molecule has 0 spiro atoms. The quantitative estimate of drug-likeness (QED) is 0.561. The molecule has 0 aliphatic heterocycles. The van der Waals surface area contributed by atoms with Crippen molar-refractivity contribution in [3.05, 3.63) is 95.6 Å². The summed E-state index contributed by atoms with van der Waals surface area (Å²) in [5, 5.41) is 5.50. The van der Waals surface area contributed by atoms with Crippen molar-refractivity contribution >= 4 is 23.3 Å². The highest BCUT2D eigenvalue weighted by molar-refractivity contribution is 5.99. The molecule has 3 aromatic rings. The standard InChI is InChI=1S/C24H22N2O4/c1-17(27)26-20-13-11-19(12-14-20)22(28)16-30-23-10-6-5-9-21(23)24(29)25-15-18-7-3-2-4-8-18/h2-14H,15-16H2,1H3,(H,25,29)(H,26,27). The number of Topliss-reactive ketones (excluding diaryl/α,β-unsaturated/α-hetero) is 1. The smallest absolute Gasteiger partial charge is 0.255 e. The van der Waals surface area contributed by atoms with E-state index >= 15 is 0 Å². The molecule has 2 N–H and O–H groups in total. The summed E-state index contributed by atoms with van der Waals surface area (Å²) in [6, 6.07) is 22.9. The second-order valence-corrected chi connectivity index (χ2v) is 6.63. The van der Waals surface area contributed by atoms with Crippen LogP contribution < -0.4 is 15.4 Å². The summed E-state index contributed by atoms with van der Waals surface area (Å²) in [4.78, 5) is 36.1. The van der Waals surface area contributed by atoms with Crippen LogP contribution in [0.5, 0.6) is 5.75 Å². The fraction of sp³-hybridized carbons (Fsp3) is 0.125. The Morgan fingerprint density at radius 3 is 2.20 bits per heavy atom. The summed E-state index contributed by atoms with van der Waals surface area (Å²) in [6.07, 6.45) is 0. The maximum Gasteiger partial charge on any atom is 0.255 e. The highest BCUT2D eigenvalue weighted by Gasteiger charge is 2.14. The van der Waals surface area contributed by atoms with Crippen molar-refractivity contribution in [1.29, 1.82) is 0 Å². The van der Waals surface area contributed by atoms with E-state index in [0.717, 1.165) is 5.56 Å². The molecule has 0 heterocycles. The van der Waals surface area contributed by atoms with Crippen LogP contribution in [0, 0.1) is 0 Å². The Balaban J connectivity index is 1.61. The average molecular weight is 402 g/mol. The fourth-order valence-corrected chi connectivity index (χ4v) is 2.82. The summed E-state index contributed by atoms with van der Waals surface area (Å²) in [7, 11) is 0. The van der Waals surface area contributed by atoms with Gasteiger partial charge in [0.1, 0.15) is 5.75 Å². The molecule has 6 heteroatoms. The van der Waals surface area contributed by atoms with E-state index < -0.39 is 0 Å². The van der Waals surface area contributed by atoms with Gasteiger partial charge in [-0.3, -0.25) is 14.4 Å². The summed E-state index contributed by atoms with van der Waals surface area (Å²) in [5.74, 6) is -0.351. The van der Waals surface area contributed by atoms with Crippen molar-refractivity contribution in [3.8, 4) is 5.75 Å². The molecule has 0 saturated carbocycles. The van der Waals surface area contributed by atoms with Gasteiger partial charge in [0.25, 0.3) is 5.91 Å². The van der Waals surface area contributed by atoms with Crippen molar-refractivity contribution in [2.24, 2.45) is 0 Å². The van der Waals surface area contributed by atoms with Gasteiger partial charge in [-0.2, -0.15) is 0 Å². The lowest BCUT2D eigenvalue weighted by atomic mass is 10.1. The molecule has 0 atom stereocenters. The zero-order valence-corrected chi connectivity index (χ0v) is 16.6. The molecular weight excluding hydrogens is 380 g/mol. The maximum absolute atomic E-state index is 12.6. The Morgan fingerprint density at radius 1 is 0.833 bits per heavy atom. The topological polar surface area (TPSA) is 84.5 Å². The molecule has 30 heavy (non-hydrogen) atoms. The number of hydrogen-bond donors (Lipinski definition) is 2. The first-order valence-electron chi connectivity index (χ1n) is 9.48. The molecule has 0 aliphatic rings. The fourth-order valence-electron chi connectivity index (χ4n) is 2.82. The number of hydrogen-bond acceptors (Lipinski definition) is 4. The summed E-state index contributed by atoms with van der Waals surface area (Å²) < 4.78 is 5.64. The van der Waals surface area contributed by atoms with Gasteiger partial charge in [-0.25, -0.2) is 0 Å². The summed E-state index contributed by atoms with van der Waals surface area (Å²) in [5.41, 5.74) is 2.42. The summed E-state index contributed by atoms with van der Waals surface area (Å²) in [6.45, 7) is 1.61. The van der Waals surface area contributed by atoms with Crippen molar-refractivity contribution in [1.82, 2.24) is 5.32 Å². The van der Waals surface area contributed by atoms with Crippen LogP contribution in [0.25, 0.3) is 0 Å². The molecule has 3 aromatic carbocycles. The first kappa shape index (κ1) is 20.8. The SMILES string of the molecule is CC(=O)Nc1ccc(C(=O)COc2ccccc2C(=O)NCc2ccccc2)cc1. The predicted octanol–water partition coefficient (Wildman–Crippen LogP) is 3.84. The van der Waals surface area contributed by atoms with Gasteiger partial charge < -0.3 is 15.4 Å². The lowest BCUT2D eigenvalue weighted by Gasteiger charge is -2.12. The number of anilines is 1. The Bertz CT molecular complexity index is 1030. The van der Waals surface area contributed by atoms with Gasteiger partial charge in [-0.15, -0.1) is 0 Å². The molecule has 0 fully saturated rings. The Hall–Kier alpha value is -3.93. The molecule has 0 aliphatic carbocycles. The van der Waals surface area contributed by atoms with Crippen LogP contribution in [0.2, 0.25) is 0 Å². The third kappa shape index (κ3) is 5.78. The number of carbonyl (C=O) groups excluding carboxylic acids is 3. The van der Waals surface area contributed by atoms with E-state index in [-0.39, 0.29) is 24.2 Å². The number of para-hydroxylation sites is 1. The molecule has 0 aromatic heterocycles. The maximum atomic E-state index is 12.6. The molecule has 3 rings (SSSR count). The monoisotopic (exact) mass is 402 g/mol. The summed E-state index contributed by atoms with van der Waals surface area (Å²) >= 11 is 0. The number of rotatable bonds is 8. The van der Waals surface area contributed by atoms with Gasteiger partial charge in [0.15, 0.2) is 12.4 Å². The molecule has 6 nitrogen and oxygen atoms in total. The van der Waals surface area contributed by atoms with Crippen molar-refractivity contribution < 1.29 is 19.1 Å². The van der Waals surface area contributed by atoms with Crippen LogP contribution in [-0.2, 0) is 11.3 Å². The number of benzene rings is 3. The van der Waals surface area contributed by atoms with E-state index in [9.17, 15) is 14.4 Å². The largest absolute Gasteiger partial charge is 0.485 e. The first-order chi connectivity index (χ1) is 14.5. The van der Waals surface area contributed by atoms with E-state index in [4.69, 9.17) is 4.74 Å². The van der Waals surface area contributed by atoms with Gasteiger partial charge in [-0.05, 0) is 42.0 Å². The highest BCUT2D eigenvalue weighted by Crippen LogP contribution is 2.19. The van der Waals surface area contributed by atoms with Gasteiger partial charge in [0, 0.05) is 24.7 Å². The molecule has 0 unspecified atom stereocenters. The molecule has 2 amide bonds. The van der Waals surface area contributed by atoms with Gasteiger partial charge >= 0.3 is 0 Å². The van der Waals surface area contributed by atoms with Crippen LogP contribution in [0.1, 0.15) is 33.2 Å². The second-order valence-electron chi connectivity index (χ2n) is 6.63. The van der Waals surface area contributed by atoms with Crippen molar-refractivity contribution in [2.75, 3.05) is 11.9 Å². The van der Waals surface area contributed by atoms with Crippen molar-refractivity contribution in [3.63, 3.8) is 0 Å². The minimum atomic E-state index is -0.276. The number of carbonyl (C=O) groups is 3. The Labute approximate surface area is 174 Å². The van der Waals surface area contributed by atoms with E-state index in [2.05, 4.69) is 10.6 Å². The van der Waals surface area contributed by atoms with E-state index in [0.29, 0.717) is 29.1 Å². The minimum Gasteiger partial charge on any atom is -0.485 e. The predicted molar refractivity (Wildman–Crippen MR) is 115 cm³/mol. The number of ether oxygens (including phenoxy) is 1. The molecule has 0 saturated heterocycles. The van der Waals surface area contributed by atoms with E-state index in [1.165, 1.54) is 6.92 Å². The number of amides is 2. The molecule has 0 bridgehead atoms. The Morgan fingerprint density at radius 2 is 1.50 bits per heavy atom. The second kappa shape index (κ2) is 10.0. The van der Waals surface area contributed by atoms with Gasteiger partial charge in [0.05, 0.1) is 5.56 Å². The lowest BCUT2D eigenvalue weighted by Crippen LogP contribution is -2.24. The third-order valence-electron chi connectivity index (χ3n) is 4.31. The van der Waals surface area contributed by atoms with Gasteiger partial charge in [-0.1, -0.05) is 42.5 Å². The highest BCUT2D eigenvalue weighted by atomic mass is 16.5. The van der Waals surface area contributed by atoms with Crippen LogP contribution in [0.4, 0.5) is 5.69 Å². The first-order valence-corrected chi connectivity index (χ1v) is 9.48. The number of ketones is 1. The van der Waals surface area contributed by atoms with Gasteiger partial charge in [0.2, 0.25) is 5.91 Å². The van der Waals surface area contributed by atoms with Crippen LogP contribution in [0.15, 0.2) is 78.9 Å². The van der Waals surface area contributed by atoms with Crippen LogP contribution >= 0.6 is 0 Å². The van der Waals surface area contributed by atoms with Crippen molar-refractivity contribution in [2.45, 2.75) is 13.5 Å². The third-order valence-corrected chi connectivity index (χ3v) is 4.31. The molecule has 0 radical (unpaired) electrons. The minimum absolute atomic E-state index is 0.181. The number of nitrogens with one attached hydrogen (secondary N) is 2. The zero-order valence-electron chi connectivity index (χ0n) is 16.6. The zero-order chi connectivity index (χ0) is 21.3. The van der Waals surface area contributed by atoms with Crippen LogP contribution in [0.3, 0.4) is 0 Å². The lowest BCUT2D eigenvalue weighted by molar-refractivity contribution is -0.114. The van der Waals surface area contributed by atoms with Crippen LogP contribution in [-0.4, -0.2) is 24.2 Å². The van der Waals surface area contributed by atoms with E-state index in [1.54, 1.807) is 48.5 Å². The molecule has 152 valence electrons.